The lowest BCUT2D eigenvalue weighted by atomic mass is 9.95. The predicted molar refractivity (Wildman–Crippen MR) is 217 cm³/mol. The lowest BCUT2D eigenvalue weighted by Gasteiger charge is -2.39. The van der Waals surface area contributed by atoms with Gasteiger partial charge < -0.3 is 39.8 Å². The number of aromatic nitrogens is 4. The zero-order valence-electron chi connectivity index (χ0n) is 32.5. The van der Waals surface area contributed by atoms with Crippen LogP contribution in [0.1, 0.15) is 36.2 Å². The van der Waals surface area contributed by atoms with Gasteiger partial charge in [0.2, 0.25) is 17.8 Å². The molecule has 4 amide bonds. The van der Waals surface area contributed by atoms with Crippen LogP contribution in [0.15, 0.2) is 47.5 Å². The first-order valence-electron chi connectivity index (χ1n) is 19.2. The topological polar surface area (TPSA) is 205 Å². The molecular formula is C39H46ClN11O7. The van der Waals surface area contributed by atoms with E-state index in [1.54, 1.807) is 31.6 Å². The highest BCUT2D eigenvalue weighted by atomic mass is 35.5. The fourth-order valence-corrected chi connectivity index (χ4v) is 7.58. The summed E-state index contributed by atoms with van der Waals surface area (Å²) in [6.07, 6.45) is 5.67. The van der Waals surface area contributed by atoms with Crippen LogP contribution in [0.25, 0.3) is 10.9 Å². The third kappa shape index (κ3) is 9.07. The number of likely N-dealkylation sites (N-methyl/N-ethyl adjacent to an activating group) is 1. The first-order valence-corrected chi connectivity index (χ1v) is 19.5. The van der Waals surface area contributed by atoms with E-state index in [0.717, 1.165) is 69.7 Å². The number of amides is 4. The standard InChI is InChI=1S/C39H46ClN11O7/c1-41-33(53)22-58-31-17-24-16-25(4-6-29(24)48(2)38(31)56)44-35-27(40)20-43-39(47-35)51-14-12-49(13-15-51)21-23-8-10-50(11-9-23)26-18-30(57-3)34(42-19-26)37(55)45-28-5-7-32(52)46-36(28)54/h4,6,16-20,23,28H,5,7-15,21-22H2,1-3H3,(H,41,53)(H,45,55)(H,43,44,47)(H,46,52,54). The highest BCUT2D eigenvalue weighted by molar-refractivity contribution is 6.33. The summed E-state index contributed by atoms with van der Waals surface area (Å²) in [5.74, 6) is 0.210. The number of piperazine rings is 1. The van der Waals surface area contributed by atoms with Gasteiger partial charge in [-0.25, -0.2) is 9.97 Å². The third-order valence-corrected chi connectivity index (χ3v) is 11.1. The summed E-state index contributed by atoms with van der Waals surface area (Å²) in [6, 6.07) is 8.15. The molecule has 4 N–H and O–H groups in total. The number of piperidine rings is 2. The molecule has 19 heteroatoms. The number of nitrogens with one attached hydrogen (secondary N) is 4. The van der Waals surface area contributed by atoms with Crippen LogP contribution in [0, 0.1) is 5.92 Å². The van der Waals surface area contributed by atoms with Crippen molar-refractivity contribution >= 4 is 69.3 Å². The molecule has 3 saturated heterocycles. The van der Waals surface area contributed by atoms with Gasteiger partial charge in [0.1, 0.15) is 11.1 Å². The Morgan fingerprint density at radius 2 is 1.72 bits per heavy atom. The number of imide groups is 1. The Kier molecular flexibility index (Phi) is 12.2. The molecule has 306 valence electrons. The van der Waals surface area contributed by atoms with Crippen LogP contribution in [-0.2, 0) is 21.4 Å². The van der Waals surface area contributed by atoms with E-state index in [0.29, 0.717) is 39.7 Å². The third-order valence-electron chi connectivity index (χ3n) is 10.8. The molecule has 1 unspecified atom stereocenters. The molecule has 18 nitrogen and oxygen atoms in total. The number of anilines is 4. The number of fused-ring (bicyclic) bond motifs is 1. The summed E-state index contributed by atoms with van der Waals surface area (Å²) in [7, 11) is 4.63. The average molecular weight is 816 g/mol. The smallest absolute Gasteiger partial charge is 0.293 e. The number of methoxy groups -OCH3 is 1. The number of carbonyl (C=O) groups excluding carboxylic acids is 4. The Hall–Kier alpha value is -6.01. The van der Waals surface area contributed by atoms with E-state index >= 15 is 0 Å². The molecule has 6 heterocycles. The molecule has 7 rings (SSSR count). The molecule has 0 bridgehead atoms. The molecule has 3 aliphatic heterocycles. The van der Waals surface area contributed by atoms with Crippen LogP contribution < -0.4 is 46.1 Å². The maximum atomic E-state index is 13.0. The Bertz CT molecular complexity index is 2270. The van der Waals surface area contributed by atoms with E-state index in [1.165, 1.54) is 18.7 Å². The van der Waals surface area contributed by atoms with Crippen molar-refractivity contribution < 1.29 is 28.7 Å². The van der Waals surface area contributed by atoms with Gasteiger partial charge in [0.05, 0.1) is 30.7 Å². The number of hydrogen-bond donors (Lipinski definition) is 4. The van der Waals surface area contributed by atoms with E-state index in [4.69, 9.17) is 26.1 Å². The molecule has 0 spiro atoms. The first-order chi connectivity index (χ1) is 28.0. The fraction of sp³-hybridized carbons (Fsp3) is 0.436. The lowest BCUT2D eigenvalue weighted by Crippen LogP contribution is -2.52. The number of halogens is 1. The Balaban J connectivity index is 0.905. The predicted octanol–water partition coefficient (Wildman–Crippen LogP) is 1.83. The minimum absolute atomic E-state index is 0.0720. The summed E-state index contributed by atoms with van der Waals surface area (Å²) in [5, 5.41) is 11.8. The summed E-state index contributed by atoms with van der Waals surface area (Å²) in [5.41, 5.74) is 2.01. The number of aryl methyl sites for hydroxylation is 1. The molecule has 0 saturated carbocycles. The second kappa shape index (κ2) is 17.6. The monoisotopic (exact) mass is 815 g/mol. The number of carbonyl (C=O) groups is 4. The number of ether oxygens (including phenoxy) is 2. The van der Waals surface area contributed by atoms with Crippen molar-refractivity contribution in [1.29, 1.82) is 0 Å². The normalized spacial score (nSPS) is 17.8. The molecule has 3 aromatic heterocycles. The van der Waals surface area contributed by atoms with E-state index in [-0.39, 0.29) is 48.3 Å². The SMILES string of the molecule is CNC(=O)COc1cc2cc(Nc3nc(N4CCN(CC5CCN(c6cnc(C(=O)NC7CCC(=O)NC7=O)c(OC)c6)CC5)CC4)ncc3Cl)ccc2n(C)c1=O. The summed E-state index contributed by atoms with van der Waals surface area (Å²) >= 11 is 6.55. The fourth-order valence-electron chi connectivity index (χ4n) is 7.44. The Morgan fingerprint density at radius 1 is 0.948 bits per heavy atom. The highest BCUT2D eigenvalue weighted by Gasteiger charge is 2.30. The quantitative estimate of drug-likeness (QED) is 0.151. The van der Waals surface area contributed by atoms with Crippen LogP contribution in [0.3, 0.4) is 0 Å². The van der Waals surface area contributed by atoms with Gasteiger partial charge in [-0.05, 0) is 49.4 Å². The zero-order chi connectivity index (χ0) is 40.9. The average Bonchev–Trinajstić information content (AvgIpc) is 3.23. The number of pyridine rings is 2. The van der Waals surface area contributed by atoms with Crippen LogP contribution in [0.4, 0.5) is 23.1 Å². The zero-order valence-corrected chi connectivity index (χ0v) is 33.3. The van der Waals surface area contributed by atoms with E-state index in [1.807, 2.05) is 18.2 Å². The van der Waals surface area contributed by atoms with Crippen molar-refractivity contribution in [2.75, 3.05) is 81.7 Å². The first kappa shape index (κ1) is 40.2. The summed E-state index contributed by atoms with van der Waals surface area (Å²) in [4.78, 5) is 81.6. The van der Waals surface area contributed by atoms with Gasteiger partial charge in [-0.2, -0.15) is 4.98 Å². The van der Waals surface area contributed by atoms with Gasteiger partial charge >= 0.3 is 0 Å². The number of benzene rings is 1. The molecule has 0 aliphatic carbocycles. The van der Waals surface area contributed by atoms with Gasteiger partial charge in [0.15, 0.2) is 29.6 Å². The number of rotatable bonds is 12. The second-order valence-corrected chi connectivity index (χ2v) is 14.9. The molecule has 58 heavy (non-hydrogen) atoms. The van der Waals surface area contributed by atoms with E-state index < -0.39 is 17.9 Å². The van der Waals surface area contributed by atoms with Crippen molar-refractivity contribution in [2.45, 2.75) is 31.7 Å². The summed E-state index contributed by atoms with van der Waals surface area (Å²) < 4.78 is 12.5. The van der Waals surface area contributed by atoms with Crippen molar-refractivity contribution in [3.63, 3.8) is 0 Å². The molecule has 3 fully saturated rings. The molecule has 0 radical (unpaired) electrons. The van der Waals surface area contributed by atoms with Crippen LogP contribution in [0.2, 0.25) is 5.02 Å². The maximum absolute atomic E-state index is 13.0. The van der Waals surface area contributed by atoms with Crippen LogP contribution in [-0.4, -0.2) is 121 Å². The van der Waals surface area contributed by atoms with E-state index in [9.17, 15) is 24.0 Å². The van der Waals surface area contributed by atoms with Gasteiger partial charge in [-0.15, -0.1) is 0 Å². The molecule has 1 atom stereocenters. The molecule has 3 aliphatic rings. The van der Waals surface area contributed by atoms with Crippen LogP contribution >= 0.6 is 11.6 Å². The Morgan fingerprint density at radius 3 is 2.45 bits per heavy atom. The van der Waals surface area contributed by atoms with Crippen molar-refractivity contribution in [2.24, 2.45) is 13.0 Å². The van der Waals surface area contributed by atoms with Crippen molar-refractivity contribution in [3.8, 4) is 11.5 Å². The minimum atomic E-state index is -0.802. The lowest BCUT2D eigenvalue weighted by molar-refractivity contribution is -0.134. The largest absolute Gasteiger partial charge is 0.494 e. The molecular weight excluding hydrogens is 770 g/mol. The molecule has 1 aromatic carbocycles. The second-order valence-electron chi connectivity index (χ2n) is 14.5. The van der Waals surface area contributed by atoms with Gasteiger partial charge in [-0.1, -0.05) is 11.6 Å². The number of hydrogen-bond acceptors (Lipinski definition) is 14. The maximum Gasteiger partial charge on any atom is 0.293 e. The van der Waals surface area contributed by atoms with Crippen molar-refractivity contribution in [3.05, 3.63) is 63.8 Å². The molecule has 4 aromatic rings. The highest BCUT2D eigenvalue weighted by Crippen LogP contribution is 2.30. The van der Waals surface area contributed by atoms with Gasteiger partial charge in [0, 0.05) is 83.5 Å². The Labute approximate surface area is 339 Å². The minimum Gasteiger partial charge on any atom is -0.494 e. The van der Waals surface area contributed by atoms with Gasteiger partial charge in [0.25, 0.3) is 17.4 Å². The van der Waals surface area contributed by atoms with Crippen LogP contribution in [0.5, 0.6) is 11.5 Å². The van der Waals surface area contributed by atoms with Crippen molar-refractivity contribution in [1.82, 2.24) is 40.4 Å². The van der Waals surface area contributed by atoms with E-state index in [2.05, 4.69) is 45.9 Å². The summed E-state index contributed by atoms with van der Waals surface area (Å²) in [6.45, 7) is 5.66. The number of nitrogens with zero attached hydrogens (tertiary/aromatic N) is 7. The van der Waals surface area contributed by atoms with Gasteiger partial charge in [-0.3, -0.25) is 34.2 Å².